The molecule has 0 saturated heterocycles. The standard InChI is InChI=1S/C21H34N4O3.HI/c1-4-27-12-13-28-19-14-16(2)7-8-17(19)15-24-21(22-3)23-11-5-6-20(26)25-18-9-10-18;/h7-8,14,18H,4-6,9-13,15H2,1-3H3,(H,25,26)(H2,22,23,24);1H. The number of nitrogens with zero attached hydrogens (tertiary/aromatic N) is 1. The van der Waals surface area contributed by atoms with Crippen molar-refractivity contribution in [3.05, 3.63) is 29.3 Å². The summed E-state index contributed by atoms with van der Waals surface area (Å²) in [5.74, 6) is 1.71. The molecule has 1 amide bonds. The number of rotatable bonds is 12. The summed E-state index contributed by atoms with van der Waals surface area (Å²) in [4.78, 5) is 15.9. The van der Waals surface area contributed by atoms with Crippen molar-refractivity contribution in [2.75, 3.05) is 33.4 Å². The molecule has 29 heavy (non-hydrogen) atoms. The molecule has 0 aliphatic heterocycles. The molecule has 0 heterocycles. The fourth-order valence-corrected chi connectivity index (χ4v) is 2.68. The van der Waals surface area contributed by atoms with E-state index in [1.54, 1.807) is 7.05 Å². The van der Waals surface area contributed by atoms with Gasteiger partial charge in [0, 0.05) is 44.8 Å². The van der Waals surface area contributed by atoms with Crippen LogP contribution in [0.5, 0.6) is 5.75 Å². The molecule has 1 aromatic carbocycles. The Balaban J connectivity index is 0.00000420. The van der Waals surface area contributed by atoms with E-state index >= 15 is 0 Å². The van der Waals surface area contributed by atoms with Gasteiger partial charge in [-0.15, -0.1) is 24.0 Å². The van der Waals surface area contributed by atoms with Gasteiger partial charge in [-0.1, -0.05) is 12.1 Å². The molecule has 164 valence electrons. The third kappa shape index (κ3) is 10.7. The number of nitrogens with one attached hydrogen (secondary N) is 3. The second kappa shape index (κ2) is 14.4. The molecule has 1 saturated carbocycles. The van der Waals surface area contributed by atoms with Gasteiger partial charge < -0.3 is 25.4 Å². The van der Waals surface area contributed by atoms with Crippen LogP contribution in [0.15, 0.2) is 23.2 Å². The van der Waals surface area contributed by atoms with E-state index in [-0.39, 0.29) is 29.9 Å². The van der Waals surface area contributed by atoms with Gasteiger partial charge in [0.25, 0.3) is 0 Å². The molecule has 8 heteroatoms. The van der Waals surface area contributed by atoms with Gasteiger partial charge >= 0.3 is 0 Å². The topological polar surface area (TPSA) is 84.0 Å². The fourth-order valence-electron chi connectivity index (χ4n) is 2.68. The van der Waals surface area contributed by atoms with Crippen LogP contribution < -0.4 is 20.7 Å². The van der Waals surface area contributed by atoms with E-state index in [1.165, 1.54) is 0 Å². The lowest BCUT2D eigenvalue weighted by atomic mass is 10.1. The van der Waals surface area contributed by atoms with Crippen molar-refractivity contribution in [2.45, 2.75) is 52.1 Å². The van der Waals surface area contributed by atoms with Crippen LogP contribution in [-0.2, 0) is 16.1 Å². The Kier molecular flexibility index (Phi) is 12.7. The summed E-state index contributed by atoms with van der Waals surface area (Å²) < 4.78 is 11.2. The van der Waals surface area contributed by atoms with Crippen molar-refractivity contribution < 1.29 is 14.3 Å². The highest BCUT2D eigenvalue weighted by Crippen LogP contribution is 2.20. The second-order valence-electron chi connectivity index (χ2n) is 6.95. The zero-order valence-corrected chi connectivity index (χ0v) is 20.1. The monoisotopic (exact) mass is 518 g/mol. The molecule has 1 fully saturated rings. The molecule has 3 N–H and O–H groups in total. The van der Waals surface area contributed by atoms with Crippen LogP contribution in [0.3, 0.4) is 0 Å². The number of hydrogen-bond acceptors (Lipinski definition) is 4. The maximum Gasteiger partial charge on any atom is 0.220 e. The van der Waals surface area contributed by atoms with Crippen LogP contribution in [0, 0.1) is 6.92 Å². The van der Waals surface area contributed by atoms with Gasteiger partial charge in [-0.05, 0) is 44.7 Å². The highest BCUT2D eigenvalue weighted by molar-refractivity contribution is 14.0. The largest absolute Gasteiger partial charge is 0.491 e. The first-order valence-corrected chi connectivity index (χ1v) is 10.2. The van der Waals surface area contributed by atoms with Crippen molar-refractivity contribution in [3.8, 4) is 5.75 Å². The van der Waals surface area contributed by atoms with Crippen molar-refractivity contribution in [2.24, 2.45) is 4.99 Å². The van der Waals surface area contributed by atoms with E-state index < -0.39 is 0 Å². The Labute approximate surface area is 191 Å². The zero-order valence-electron chi connectivity index (χ0n) is 17.8. The molecule has 0 spiro atoms. The van der Waals surface area contributed by atoms with Gasteiger partial charge in [-0.25, -0.2) is 0 Å². The van der Waals surface area contributed by atoms with Crippen molar-refractivity contribution >= 4 is 35.8 Å². The smallest absolute Gasteiger partial charge is 0.220 e. The Morgan fingerprint density at radius 1 is 1.24 bits per heavy atom. The summed E-state index contributed by atoms with van der Waals surface area (Å²) >= 11 is 0. The van der Waals surface area contributed by atoms with Crippen LogP contribution in [-0.4, -0.2) is 51.3 Å². The Morgan fingerprint density at radius 2 is 2.03 bits per heavy atom. The number of ether oxygens (including phenoxy) is 2. The molecule has 1 aromatic rings. The number of carbonyl (C=O) groups excluding carboxylic acids is 1. The minimum absolute atomic E-state index is 0. The van der Waals surface area contributed by atoms with Crippen molar-refractivity contribution in [1.82, 2.24) is 16.0 Å². The predicted molar refractivity (Wildman–Crippen MR) is 127 cm³/mol. The van der Waals surface area contributed by atoms with Crippen molar-refractivity contribution in [1.29, 1.82) is 0 Å². The average molecular weight is 518 g/mol. The maximum absolute atomic E-state index is 11.7. The van der Waals surface area contributed by atoms with Crippen LogP contribution in [0.2, 0.25) is 0 Å². The predicted octanol–water partition coefficient (Wildman–Crippen LogP) is 2.75. The summed E-state index contributed by atoms with van der Waals surface area (Å²) in [6.45, 7) is 7.12. The van der Waals surface area contributed by atoms with Crippen LogP contribution >= 0.6 is 24.0 Å². The lowest BCUT2D eigenvalue weighted by Gasteiger charge is -2.15. The quantitative estimate of drug-likeness (QED) is 0.172. The molecule has 1 aliphatic rings. The summed E-state index contributed by atoms with van der Waals surface area (Å²) in [6.07, 6.45) is 3.56. The third-order valence-electron chi connectivity index (χ3n) is 4.40. The summed E-state index contributed by atoms with van der Waals surface area (Å²) in [6, 6.07) is 6.60. The van der Waals surface area contributed by atoms with Crippen molar-refractivity contribution in [3.63, 3.8) is 0 Å². The molecule has 0 bridgehead atoms. The second-order valence-corrected chi connectivity index (χ2v) is 6.95. The van der Waals surface area contributed by atoms with E-state index in [0.29, 0.717) is 51.3 Å². The molecular formula is C21H35IN4O3. The molecular weight excluding hydrogens is 483 g/mol. The Bertz CT molecular complexity index is 651. The normalized spacial score (nSPS) is 13.4. The highest BCUT2D eigenvalue weighted by atomic mass is 127. The maximum atomic E-state index is 11.7. The third-order valence-corrected chi connectivity index (χ3v) is 4.40. The van der Waals surface area contributed by atoms with E-state index in [4.69, 9.17) is 9.47 Å². The number of aliphatic imine (C=N–C) groups is 1. The number of benzene rings is 1. The van der Waals surface area contributed by atoms with E-state index in [0.717, 1.165) is 36.1 Å². The summed E-state index contributed by atoms with van der Waals surface area (Å²) in [7, 11) is 1.74. The van der Waals surface area contributed by atoms with Crippen LogP contribution in [0.25, 0.3) is 0 Å². The molecule has 1 aliphatic carbocycles. The Morgan fingerprint density at radius 3 is 2.72 bits per heavy atom. The first kappa shape index (κ1) is 25.5. The molecule has 0 atom stereocenters. The van der Waals surface area contributed by atoms with E-state index in [9.17, 15) is 4.79 Å². The van der Waals surface area contributed by atoms with E-state index in [1.807, 2.05) is 19.9 Å². The Hall–Kier alpha value is -1.55. The first-order chi connectivity index (χ1) is 13.6. The van der Waals surface area contributed by atoms with E-state index in [2.05, 4.69) is 33.1 Å². The van der Waals surface area contributed by atoms with Gasteiger partial charge in [0.1, 0.15) is 12.4 Å². The lowest BCUT2D eigenvalue weighted by Crippen LogP contribution is -2.37. The first-order valence-electron chi connectivity index (χ1n) is 10.2. The van der Waals surface area contributed by atoms with Gasteiger partial charge in [-0.2, -0.15) is 0 Å². The molecule has 0 aromatic heterocycles. The molecule has 0 unspecified atom stereocenters. The number of hydrogen-bond donors (Lipinski definition) is 3. The molecule has 0 radical (unpaired) electrons. The summed E-state index contributed by atoms with van der Waals surface area (Å²) in [5, 5.41) is 9.56. The summed E-state index contributed by atoms with van der Waals surface area (Å²) in [5.41, 5.74) is 2.22. The van der Waals surface area contributed by atoms with Crippen LogP contribution in [0.1, 0.15) is 43.7 Å². The minimum Gasteiger partial charge on any atom is -0.491 e. The van der Waals surface area contributed by atoms with Gasteiger partial charge in [0.2, 0.25) is 5.91 Å². The minimum atomic E-state index is 0. The average Bonchev–Trinajstić information content (AvgIpc) is 3.49. The SMILES string of the molecule is CCOCCOc1cc(C)ccc1CNC(=NC)NCCCC(=O)NC1CC1.I. The fraction of sp³-hybridized carbons (Fsp3) is 0.619. The molecule has 2 rings (SSSR count). The number of carbonyl (C=O) groups is 1. The highest BCUT2D eigenvalue weighted by Gasteiger charge is 2.22. The number of halogens is 1. The van der Waals surface area contributed by atoms with Gasteiger partial charge in [0.15, 0.2) is 5.96 Å². The zero-order chi connectivity index (χ0) is 20.2. The number of aryl methyl sites for hydroxylation is 1. The van der Waals surface area contributed by atoms with Crippen LogP contribution in [0.4, 0.5) is 0 Å². The number of guanidine groups is 1. The van der Waals surface area contributed by atoms with Gasteiger partial charge in [0.05, 0.1) is 6.61 Å². The molecule has 7 nitrogen and oxygen atoms in total. The number of amides is 1. The lowest BCUT2D eigenvalue weighted by molar-refractivity contribution is -0.121. The van der Waals surface area contributed by atoms with Gasteiger partial charge in [-0.3, -0.25) is 9.79 Å².